The molecule has 22 heavy (non-hydrogen) atoms. The summed E-state index contributed by atoms with van der Waals surface area (Å²) in [5.41, 5.74) is 0. The molecule has 0 spiro atoms. The van der Waals surface area contributed by atoms with Crippen LogP contribution in [-0.2, 0) is 14.2 Å². The Labute approximate surface area is 130 Å². The molecule has 3 atom stereocenters. The molecular formula is C16H23N3O3. The van der Waals surface area contributed by atoms with Crippen molar-refractivity contribution in [3.63, 3.8) is 0 Å². The number of hydrogen-bond donors (Lipinski definition) is 0. The largest absolute Gasteiger partial charge is 0.381 e. The standard InChI is InChI=1S/C16H23N3O3/c1-4-17-16(18-5-1)19-8-15(13-10-21-11-14(13)19)22-9-12-2-6-20-7-3-12/h1,4-5,12-15H,2-3,6-11H2/t13-,14+,15-/m0/s1. The lowest BCUT2D eigenvalue weighted by atomic mass is 10.00. The Kier molecular flexibility index (Phi) is 4.23. The molecule has 0 aromatic carbocycles. The highest BCUT2D eigenvalue weighted by Gasteiger charge is 2.47. The van der Waals surface area contributed by atoms with Gasteiger partial charge in [-0.2, -0.15) is 0 Å². The van der Waals surface area contributed by atoms with Gasteiger partial charge in [-0.05, 0) is 24.8 Å². The monoisotopic (exact) mass is 305 g/mol. The molecule has 6 heteroatoms. The van der Waals surface area contributed by atoms with Gasteiger partial charge in [0.25, 0.3) is 0 Å². The maximum Gasteiger partial charge on any atom is 0.225 e. The minimum absolute atomic E-state index is 0.221. The minimum atomic E-state index is 0.221. The molecule has 0 unspecified atom stereocenters. The molecule has 4 heterocycles. The molecule has 0 aliphatic carbocycles. The maximum atomic E-state index is 6.28. The van der Waals surface area contributed by atoms with Crippen molar-refractivity contribution in [3.8, 4) is 0 Å². The zero-order valence-electron chi connectivity index (χ0n) is 12.8. The van der Waals surface area contributed by atoms with E-state index in [9.17, 15) is 0 Å². The maximum absolute atomic E-state index is 6.28. The van der Waals surface area contributed by atoms with E-state index in [1.165, 1.54) is 0 Å². The summed E-state index contributed by atoms with van der Waals surface area (Å²) in [5, 5.41) is 0. The lowest BCUT2D eigenvalue weighted by molar-refractivity contribution is -0.0222. The van der Waals surface area contributed by atoms with E-state index in [1.54, 1.807) is 12.4 Å². The third-order valence-electron chi connectivity index (χ3n) is 5.04. The fourth-order valence-corrected chi connectivity index (χ4v) is 3.72. The first-order chi connectivity index (χ1) is 10.9. The first-order valence-corrected chi connectivity index (χ1v) is 8.22. The van der Waals surface area contributed by atoms with Crippen LogP contribution >= 0.6 is 0 Å². The van der Waals surface area contributed by atoms with Gasteiger partial charge in [-0.15, -0.1) is 0 Å². The van der Waals surface area contributed by atoms with E-state index in [-0.39, 0.29) is 6.10 Å². The summed E-state index contributed by atoms with van der Waals surface area (Å²) in [4.78, 5) is 11.0. The molecule has 3 aliphatic rings. The van der Waals surface area contributed by atoms with E-state index >= 15 is 0 Å². The van der Waals surface area contributed by atoms with Gasteiger partial charge in [0.15, 0.2) is 0 Å². The van der Waals surface area contributed by atoms with Crippen molar-refractivity contribution in [2.24, 2.45) is 11.8 Å². The van der Waals surface area contributed by atoms with E-state index in [0.29, 0.717) is 17.9 Å². The fourth-order valence-electron chi connectivity index (χ4n) is 3.72. The molecule has 3 aliphatic heterocycles. The Hall–Kier alpha value is -1.24. The van der Waals surface area contributed by atoms with Crippen LogP contribution in [0.4, 0.5) is 5.95 Å². The predicted octanol–water partition coefficient (Wildman–Crippen LogP) is 1.12. The predicted molar refractivity (Wildman–Crippen MR) is 80.8 cm³/mol. The normalized spacial score (nSPS) is 32.4. The van der Waals surface area contributed by atoms with Crippen LogP contribution in [0, 0.1) is 11.8 Å². The topological polar surface area (TPSA) is 56.7 Å². The molecule has 0 amide bonds. The molecule has 1 aromatic rings. The number of ether oxygens (including phenoxy) is 3. The molecule has 3 fully saturated rings. The van der Waals surface area contributed by atoms with E-state index in [2.05, 4.69) is 14.9 Å². The van der Waals surface area contributed by atoms with Crippen molar-refractivity contribution in [1.82, 2.24) is 9.97 Å². The van der Waals surface area contributed by atoms with Crippen LogP contribution in [0.25, 0.3) is 0 Å². The third kappa shape index (κ3) is 2.83. The van der Waals surface area contributed by atoms with Crippen LogP contribution in [0.1, 0.15) is 12.8 Å². The van der Waals surface area contributed by atoms with E-state index in [1.807, 2.05) is 6.07 Å². The van der Waals surface area contributed by atoms with Gasteiger partial charge in [-0.25, -0.2) is 9.97 Å². The van der Waals surface area contributed by atoms with Gasteiger partial charge in [-0.3, -0.25) is 0 Å². The molecule has 4 rings (SSSR count). The highest BCUT2D eigenvalue weighted by atomic mass is 16.5. The molecule has 6 nitrogen and oxygen atoms in total. The quantitative estimate of drug-likeness (QED) is 0.831. The SMILES string of the molecule is c1cnc(N2C[C@H](OCC3CCOCC3)[C@H]3COC[C@H]32)nc1. The fraction of sp³-hybridized carbons (Fsp3) is 0.750. The number of nitrogens with zero attached hydrogens (tertiary/aromatic N) is 3. The number of aromatic nitrogens is 2. The third-order valence-corrected chi connectivity index (χ3v) is 5.04. The molecule has 0 bridgehead atoms. The van der Waals surface area contributed by atoms with Crippen LogP contribution < -0.4 is 4.90 Å². The Morgan fingerprint density at radius 2 is 1.95 bits per heavy atom. The summed E-state index contributed by atoms with van der Waals surface area (Å²) in [7, 11) is 0. The Bertz CT molecular complexity index is 481. The molecule has 3 saturated heterocycles. The van der Waals surface area contributed by atoms with Gasteiger partial charge in [0.2, 0.25) is 5.95 Å². The summed E-state index contributed by atoms with van der Waals surface area (Å²) >= 11 is 0. The first kappa shape index (κ1) is 14.4. The number of hydrogen-bond acceptors (Lipinski definition) is 6. The van der Waals surface area contributed by atoms with E-state index in [0.717, 1.165) is 58.4 Å². The smallest absolute Gasteiger partial charge is 0.225 e. The molecule has 0 saturated carbocycles. The summed E-state index contributed by atoms with van der Waals surface area (Å²) in [6.07, 6.45) is 6.04. The average molecular weight is 305 g/mol. The second kappa shape index (κ2) is 6.48. The van der Waals surface area contributed by atoms with Crippen molar-refractivity contribution >= 4 is 5.95 Å². The lowest BCUT2D eigenvalue weighted by Gasteiger charge is -2.25. The van der Waals surface area contributed by atoms with Crippen LogP contribution in [0.3, 0.4) is 0 Å². The van der Waals surface area contributed by atoms with Crippen molar-refractivity contribution in [3.05, 3.63) is 18.5 Å². The van der Waals surface area contributed by atoms with Crippen LogP contribution in [0.5, 0.6) is 0 Å². The Morgan fingerprint density at radius 1 is 1.14 bits per heavy atom. The summed E-state index contributed by atoms with van der Waals surface area (Å²) in [6, 6.07) is 2.20. The van der Waals surface area contributed by atoms with Crippen LogP contribution in [0.15, 0.2) is 18.5 Å². The molecule has 1 aromatic heterocycles. The number of rotatable bonds is 4. The first-order valence-electron chi connectivity index (χ1n) is 8.22. The van der Waals surface area contributed by atoms with Gasteiger partial charge < -0.3 is 19.1 Å². The van der Waals surface area contributed by atoms with Gasteiger partial charge >= 0.3 is 0 Å². The zero-order chi connectivity index (χ0) is 14.8. The number of anilines is 1. The van der Waals surface area contributed by atoms with Gasteiger partial charge in [-0.1, -0.05) is 0 Å². The Morgan fingerprint density at radius 3 is 2.77 bits per heavy atom. The van der Waals surface area contributed by atoms with Crippen molar-refractivity contribution in [2.45, 2.75) is 25.0 Å². The highest BCUT2D eigenvalue weighted by Crippen LogP contribution is 2.34. The van der Waals surface area contributed by atoms with E-state index in [4.69, 9.17) is 14.2 Å². The highest BCUT2D eigenvalue weighted by molar-refractivity contribution is 5.35. The van der Waals surface area contributed by atoms with Crippen molar-refractivity contribution in [1.29, 1.82) is 0 Å². The summed E-state index contributed by atoms with van der Waals surface area (Å²) in [5.74, 6) is 1.86. The van der Waals surface area contributed by atoms with Gasteiger partial charge in [0, 0.05) is 38.1 Å². The van der Waals surface area contributed by atoms with E-state index < -0.39 is 0 Å². The molecule has 0 radical (unpaired) electrons. The van der Waals surface area contributed by atoms with Crippen LogP contribution in [-0.4, -0.2) is 61.7 Å². The van der Waals surface area contributed by atoms with Crippen molar-refractivity contribution in [2.75, 3.05) is 44.5 Å². The molecule has 120 valence electrons. The second-order valence-corrected chi connectivity index (χ2v) is 6.40. The van der Waals surface area contributed by atoms with Crippen LogP contribution in [0.2, 0.25) is 0 Å². The minimum Gasteiger partial charge on any atom is -0.381 e. The number of fused-ring (bicyclic) bond motifs is 1. The second-order valence-electron chi connectivity index (χ2n) is 6.40. The average Bonchev–Trinajstić information content (AvgIpc) is 3.17. The summed E-state index contributed by atoms with van der Waals surface area (Å²) < 4.78 is 17.4. The van der Waals surface area contributed by atoms with Gasteiger partial charge in [0.1, 0.15) is 0 Å². The lowest BCUT2D eigenvalue weighted by Crippen LogP contribution is -2.33. The molecular weight excluding hydrogens is 282 g/mol. The van der Waals surface area contributed by atoms with Gasteiger partial charge in [0.05, 0.1) is 32.0 Å². The Balaban J connectivity index is 1.40. The zero-order valence-corrected chi connectivity index (χ0v) is 12.8. The summed E-state index contributed by atoms with van der Waals surface area (Å²) in [6.45, 7) is 4.98. The van der Waals surface area contributed by atoms with Crippen molar-refractivity contribution < 1.29 is 14.2 Å². The molecule has 0 N–H and O–H groups in total.